The predicted octanol–water partition coefficient (Wildman–Crippen LogP) is 4.24. The number of aliphatic hydroxyl groups is 1. The van der Waals surface area contributed by atoms with Crippen molar-refractivity contribution in [2.75, 3.05) is 6.01 Å². The van der Waals surface area contributed by atoms with Crippen LogP contribution in [0.3, 0.4) is 0 Å². The van der Waals surface area contributed by atoms with Gasteiger partial charge in [0.15, 0.2) is 16.6 Å². The van der Waals surface area contributed by atoms with E-state index in [9.17, 15) is 23.9 Å². The second kappa shape index (κ2) is 9.45. The molecule has 34 heavy (non-hydrogen) atoms. The van der Waals surface area contributed by atoms with E-state index in [0.29, 0.717) is 24.6 Å². The van der Waals surface area contributed by atoms with Crippen LogP contribution in [0.1, 0.15) is 53.4 Å². The minimum atomic E-state index is -2.13. The minimum absolute atomic E-state index is 0.0554. The first-order valence-corrected chi connectivity index (χ1v) is 12.7. The fourth-order valence-corrected chi connectivity index (χ4v) is 8.01. The molecule has 0 heterocycles. The first-order valence-electron chi connectivity index (χ1n) is 11.7. The summed E-state index contributed by atoms with van der Waals surface area (Å²) in [5, 5.41) is 10.8. The molecule has 3 N–H and O–H groups in total. The molecule has 9 heteroatoms. The molecule has 4 aliphatic rings. The highest BCUT2D eigenvalue weighted by atomic mass is 32.2. The SMILES string of the molecule is CCC(N)=O.C[C@@H]1C[C@H]2C3C[C@H](F)C4=CC(=O)C=C[C@]4(C)[C@@]3(F)[C@@H](O)C[C@]2(C)[C@H]1C(=O)SCF. The molecule has 0 spiro atoms. The molecule has 0 aliphatic heterocycles. The van der Waals surface area contributed by atoms with Gasteiger partial charge in [-0.1, -0.05) is 38.6 Å². The zero-order valence-electron chi connectivity index (χ0n) is 20.0. The van der Waals surface area contributed by atoms with E-state index in [1.165, 1.54) is 18.2 Å². The molecule has 190 valence electrons. The number of fused-ring (bicyclic) bond motifs is 5. The van der Waals surface area contributed by atoms with Gasteiger partial charge in [0.05, 0.1) is 6.10 Å². The summed E-state index contributed by atoms with van der Waals surface area (Å²) in [4.78, 5) is 34.1. The average molecular weight is 502 g/mol. The summed E-state index contributed by atoms with van der Waals surface area (Å²) in [5.74, 6) is -2.31. The number of carbonyl (C=O) groups is 3. The van der Waals surface area contributed by atoms with E-state index in [1.54, 1.807) is 13.8 Å². The summed E-state index contributed by atoms with van der Waals surface area (Å²) in [7, 11) is 0. The highest BCUT2D eigenvalue weighted by molar-refractivity contribution is 8.13. The number of nitrogens with two attached hydrogens (primary N) is 1. The number of thioether (sulfide) groups is 1. The lowest BCUT2D eigenvalue weighted by molar-refractivity contribution is -0.201. The topological polar surface area (TPSA) is 97.5 Å². The Bertz CT molecular complexity index is 926. The number of hydrogen-bond acceptors (Lipinski definition) is 5. The van der Waals surface area contributed by atoms with Crippen molar-refractivity contribution in [2.24, 2.45) is 40.2 Å². The van der Waals surface area contributed by atoms with Crippen molar-refractivity contribution in [1.29, 1.82) is 0 Å². The Hall–Kier alpha value is -1.61. The van der Waals surface area contributed by atoms with E-state index in [2.05, 4.69) is 5.73 Å². The fourth-order valence-electron chi connectivity index (χ4n) is 7.22. The Morgan fingerprint density at radius 2 is 1.88 bits per heavy atom. The van der Waals surface area contributed by atoms with Crippen LogP contribution >= 0.6 is 11.8 Å². The van der Waals surface area contributed by atoms with Crippen LogP contribution in [-0.4, -0.2) is 45.9 Å². The third-order valence-electron chi connectivity index (χ3n) is 8.77. The summed E-state index contributed by atoms with van der Waals surface area (Å²) in [6.07, 6.45) is 1.85. The Balaban J connectivity index is 0.000000588. The largest absolute Gasteiger partial charge is 0.390 e. The smallest absolute Gasteiger partial charge is 0.217 e. The van der Waals surface area contributed by atoms with E-state index in [4.69, 9.17) is 0 Å². The van der Waals surface area contributed by atoms with Crippen LogP contribution < -0.4 is 5.73 Å². The van der Waals surface area contributed by atoms with Gasteiger partial charge in [0.2, 0.25) is 5.91 Å². The van der Waals surface area contributed by atoms with Crippen molar-refractivity contribution in [3.8, 4) is 0 Å². The van der Waals surface area contributed by atoms with Crippen LogP contribution in [0.4, 0.5) is 13.2 Å². The predicted molar refractivity (Wildman–Crippen MR) is 125 cm³/mol. The van der Waals surface area contributed by atoms with Crippen molar-refractivity contribution in [1.82, 2.24) is 0 Å². The van der Waals surface area contributed by atoms with E-state index in [-0.39, 0.29) is 47.1 Å². The number of halogens is 3. The lowest BCUT2D eigenvalue weighted by Gasteiger charge is -2.62. The van der Waals surface area contributed by atoms with Gasteiger partial charge < -0.3 is 10.8 Å². The molecule has 0 aromatic heterocycles. The third-order valence-corrected chi connectivity index (χ3v) is 9.42. The number of hydrogen-bond donors (Lipinski definition) is 2. The maximum atomic E-state index is 16.9. The standard InChI is InChI=1S/C22H27F3O3S.C3H7NO/c1-11-6-13-14-8-16(24)15-7-12(26)4-5-21(15,3)22(14,25)17(27)9-20(13,2)18(11)19(28)29-10-23;1-2-3(4)5/h4-5,7,11,13-14,16-18,27H,6,8-10H2,1-3H3;2H2,1H3,(H2,4,5)/t11-,13+,14?,16+,17+,18-,20+,21+,22+;/m1./s1. The lowest BCUT2D eigenvalue weighted by atomic mass is 9.45. The summed E-state index contributed by atoms with van der Waals surface area (Å²) < 4.78 is 45.0. The molecule has 0 radical (unpaired) electrons. The molecule has 3 fully saturated rings. The number of amides is 1. The van der Waals surface area contributed by atoms with Gasteiger partial charge in [0.25, 0.3) is 0 Å². The highest BCUT2D eigenvalue weighted by Crippen LogP contribution is 2.70. The van der Waals surface area contributed by atoms with Gasteiger partial charge in [-0.3, -0.25) is 14.4 Å². The van der Waals surface area contributed by atoms with E-state index < -0.39 is 46.6 Å². The van der Waals surface area contributed by atoms with Crippen LogP contribution in [0, 0.1) is 34.5 Å². The maximum absolute atomic E-state index is 16.9. The first kappa shape index (κ1) is 27.0. The molecule has 3 saturated carbocycles. The van der Waals surface area contributed by atoms with Gasteiger partial charge in [-0.2, -0.15) is 0 Å². The van der Waals surface area contributed by atoms with Gasteiger partial charge in [-0.25, -0.2) is 13.2 Å². The number of allylic oxidation sites excluding steroid dienone is 4. The van der Waals surface area contributed by atoms with Crippen molar-refractivity contribution < 1.29 is 32.7 Å². The zero-order valence-corrected chi connectivity index (χ0v) is 20.8. The Kier molecular flexibility index (Phi) is 7.50. The number of ketones is 1. The summed E-state index contributed by atoms with van der Waals surface area (Å²) >= 11 is 0.622. The number of alkyl halides is 3. The second-order valence-corrected chi connectivity index (χ2v) is 11.4. The number of primary amides is 1. The fraction of sp³-hybridized carbons (Fsp3) is 0.720. The zero-order chi connectivity index (χ0) is 25.6. The third kappa shape index (κ3) is 3.96. The number of carbonyl (C=O) groups excluding carboxylic acids is 3. The van der Waals surface area contributed by atoms with Gasteiger partial charge in [-0.15, -0.1) is 0 Å². The number of aliphatic hydroxyl groups excluding tert-OH is 1. The molecule has 5 nitrogen and oxygen atoms in total. The second-order valence-electron chi connectivity index (χ2n) is 10.5. The molecule has 1 unspecified atom stereocenters. The maximum Gasteiger partial charge on any atom is 0.217 e. The Morgan fingerprint density at radius 1 is 1.26 bits per heavy atom. The normalized spacial score (nSPS) is 44.7. The monoisotopic (exact) mass is 501 g/mol. The first-order chi connectivity index (χ1) is 15.8. The molecule has 0 aromatic carbocycles. The lowest BCUT2D eigenvalue weighted by Crippen LogP contribution is -2.68. The molecule has 0 aromatic rings. The van der Waals surface area contributed by atoms with Gasteiger partial charge >= 0.3 is 0 Å². The molecule has 0 bridgehead atoms. The van der Waals surface area contributed by atoms with Crippen molar-refractivity contribution in [2.45, 2.75) is 71.3 Å². The molecule has 4 rings (SSSR count). The van der Waals surface area contributed by atoms with Crippen molar-refractivity contribution >= 4 is 28.6 Å². The molecule has 1 amide bonds. The van der Waals surface area contributed by atoms with Gasteiger partial charge in [0.1, 0.15) is 12.2 Å². The molecular formula is C25H34F3NO4S. The Labute approximate surface area is 202 Å². The molecule has 4 aliphatic carbocycles. The highest BCUT2D eigenvalue weighted by Gasteiger charge is 2.73. The van der Waals surface area contributed by atoms with E-state index in [1.807, 2.05) is 13.8 Å². The summed E-state index contributed by atoms with van der Waals surface area (Å²) in [5.41, 5.74) is 0.485. The molecule has 0 saturated heterocycles. The Morgan fingerprint density at radius 3 is 2.44 bits per heavy atom. The number of rotatable bonds is 3. The molecule has 9 atom stereocenters. The van der Waals surface area contributed by atoms with Crippen LogP contribution in [0.15, 0.2) is 23.8 Å². The van der Waals surface area contributed by atoms with Crippen molar-refractivity contribution in [3.05, 3.63) is 23.8 Å². The molecular weight excluding hydrogens is 467 g/mol. The van der Waals surface area contributed by atoms with Gasteiger partial charge in [-0.05, 0) is 61.2 Å². The quantitative estimate of drug-likeness (QED) is 0.603. The van der Waals surface area contributed by atoms with Crippen molar-refractivity contribution in [3.63, 3.8) is 0 Å². The van der Waals surface area contributed by atoms with E-state index >= 15 is 8.78 Å². The summed E-state index contributed by atoms with van der Waals surface area (Å²) in [6, 6.07) is -0.820. The van der Waals surface area contributed by atoms with Crippen LogP contribution in [-0.2, 0) is 14.4 Å². The average Bonchev–Trinajstić information content (AvgIpc) is 3.02. The van der Waals surface area contributed by atoms with Crippen LogP contribution in [0.5, 0.6) is 0 Å². The van der Waals surface area contributed by atoms with Gasteiger partial charge in [0, 0.05) is 23.7 Å². The van der Waals surface area contributed by atoms with Crippen LogP contribution in [0.2, 0.25) is 0 Å². The van der Waals surface area contributed by atoms with E-state index in [0.717, 1.165) is 0 Å². The minimum Gasteiger partial charge on any atom is -0.390 e. The van der Waals surface area contributed by atoms with Crippen LogP contribution in [0.25, 0.3) is 0 Å². The summed E-state index contributed by atoms with van der Waals surface area (Å²) in [6.45, 7) is 7.06.